The Balaban J connectivity index is 2.26. The Labute approximate surface area is 202 Å². The molecule has 0 saturated carbocycles. The van der Waals surface area contributed by atoms with Gasteiger partial charge in [0.25, 0.3) is 8.32 Å². The summed E-state index contributed by atoms with van der Waals surface area (Å²) >= 11 is 0. The number of ether oxygens (including phenoxy) is 1. The Morgan fingerprint density at radius 1 is 1.00 bits per heavy atom. The normalized spacial score (nSPS) is 21.3. The predicted molar refractivity (Wildman–Crippen MR) is 138 cm³/mol. The fraction of sp³-hybridized carbons (Fsp3) is 0.643. The summed E-state index contributed by atoms with van der Waals surface area (Å²) in [5.41, 5.74) is 1.98. The van der Waals surface area contributed by atoms with Gasteiger partial charge in [-0.1, -0.05) is 73.6 Å². The monoisotopic (exact) mass is 472 g/mol. The summed E-state index contributed by atoms with van der Waals surface area (Å²) in [6.45, 7) is 18.1. The van der Waals surface area contributed by atoms with Crippen LogP contribution >= 0.6 is 0 Å². The van der Waals surface area contributed by atoms with Crippen molar-refractivity contribution in [1.29, 1.82) is 0 Å². The molecule has 3 atom stereocenters. The zero-order chi connectivity index (χ0) is 24.8. The van der Waals surface area contributed by atoms with Crippen molar-refractivity contribution in [2.45, 2.75) is 91.3 Å². The number of Topliss-reactive ketones (excluding diaryl/α,β-unsaturated/α-hetero) is 1. The smallest absolute Gasteiger partial charge is 0.338 e. The third kappa shape index (κ3) is 6.37. The van der Waals surface area contributed by atoms with Gasteiger partial charge >= 0.3 is 5.97 Å². The molecule has 0 bridgehead atoms. The number of rotatable bonds is 11. The van der Waals surface area contributed by atoms with Gasteiger partial charge in [-0.3, -0.25) is 4.79 Å². The molecule has 1 aliphatic carbocycles. The summed E-state index contributed by atoms with van der Waals surface area (Å²) in [6.07, 6.45) is 4.20. The Bertz CT molecular complexity index is 791. The Kier molecular flexibility index (Phi) is 9.95. The van der Waals surface area contributed by atoms with E-state index in [0.29, 0.717) is 47.4 Å². The van der Waals surface area contributed by atoms with E-state index in [2.05, 4.69) is 54.5 Å². The van der Waals surface area contributed by atoms with Gasteiger partial charge in [0, 0.05) is 18.3 Å². The third-order valence-electron chi connectivity index (χ3n) is 7.48. The molecule has 0 aromatic heterocycles. The van der Waals surface area contributed by atoms with Gasteiger partial charge in [-0.25, -0.2) is 4.79 Å². The molecule has 1 aromatic rings. The zero-order valence-electron chi connectivity index (χ0n) is 21.9. The molecule has 0 saturated heterocycles. The Morgan fingerprint density at radius 3 is 2.09 bits per heavy atom. The first-order chi connectivity index (χ1) is 15.5. The van der Waals surface area contributed by atoms with Crippen molar-refractivity contribution < 1.29 is 18.8 Å². The minimum atomic E-state index is -2.12. The van der Waals surface area contributed by atoms with E-state index in [9.17, 15) is 9.59 Å². The van der Waals surface area contributed by atoms with E-state index in [0.717, 1.165) is 12.2 Å². The van der Waals surface area contributed by atoms with Gasteiger partial charge in [-0.15, -0.1) is 0 Å². The van der Waals surface area contributed by atoms with Crippen LogP contribution in [0.15, 0.2) is 42.2 Å². The van der Waals surface area contributed by atoms with Crippen molar-refractivity contribution in [1.82, 2.24) is 0 Å². The van der Waals surface area contributed by atoms with Crippen LogP contribution in [0.1, 0.15) is 85.0 Å². The molecular formula is C28H44O4Si. The first-order valence-corrected chi connectivity index (χ1v) is 14.8. The second-order valence-electron chi connectivity index (χ2n) is 10.5. The lowest BCUT2D eigenvalue weighted by Gasteiger charge is -2.46. The molecule has 184 valence electrons. The number of ketones is 1. The van der Waals surface area contributed by atoms with Gasteiger partial charge in [-0.2, -0.15) is 0 Å². The fourth-order valence-electron chi connectivity index (χ4n) is 5.72. The molecule has 0 heterocycles. The number of hydrogen-bond acceptors (Lipinski definition) is 4. The highest BCUT2D eigenvalue weighted by atomic mass is 28.4. The maximum absolute atomic E-state index is 12.7. The van der Waals surface area contributed by atoms with E-state index in [4.69, 9.17) is 9.16 Å². The quantitative estimate of drug-likeness (QED) is 0.246. The molecule has 4 nitrogen and oxygen atoms in total. The maximum atomic E-state index is 12.7. The van der Waals surface area contributed by atoms with Crippen LogP contribution in [-0.4, -0.2) is 26.7 Å². The fourth-order valence-corrected chi connectivity index (χ4v) is 11.1. The van der Waals surface area contributed by atoms with Gasteiger partial charge in [0.15, 0.2) is 0 Å². The molecule has 1 aromatic carbocycles. The molecule has 2 rings (SSSR count). The second-order valence-corrected chi connectivity index (χ2v) is 15.9. The molecule has 0 radical (unpaired) electrons. The largest absolute Gasteiger partial charge is 0.546 e. The maximum Gasteiger partial charge on any atom is 0.338 e. The van der Waals surface area contributed by atoms with E-state index >= 15 is 0 Å². The minimum Gasteiger partial charge on any atom is -0.546 e. The molecule has 5 heteroatoms. The van der Waals surface area contributed by atoms with Crippen LogP contribution in [0.3, 0.4) is 0 Å². The first-order valence-electron chi connectivity index (χ1n) is 12.7. The van der Waals surface area contributed by atoms with Crippen molar-refractivity contribution in [3.05, 3.63) is 47.7 Å². The molecule has 0 spiro atoms. The van der Waals surface area contributed by atoms with Gasteiger partial charge < -0.3 is 9.16 Å². The summed E-state index contributed by atoms with van der Waals surface area (Å²) in [6, 6.07) is 9.09. The van der Waals surface area contributed by atoms with Crippen LogP contribution in [0, 0.1) is 17.8 Å². The van der Waals surface area contributed by atoms with E-state index in [-0.39, 0.29) is 23.7 Å². The van der Waals surface area contributed by atoms with E-state index in [1.165, 1.54) is 0 Å². The predicted octanol–water partition coefficient (Wildman–Crippen LogP) is 7.56. The van der Waals surface area contributed by atoms with Crippen molar-refractivity contribution in [3.63, 3.8) is 0 Å². The first kappa shape index (κ1) is 27.4. The highest BCUT2D eigenvalue weighted by molar-refractivity contribution is 6.77. The van der Waals surface area contributed by atoms with Crippen LogP contribution in [0.4, 0.5) is 0 Å². The number of carbonyl (C=O) groups excluding carboxylic acids is 2. The Hall–Kier alpha value is -1.88. The molecular weight excluding hydrogens is 428 g/mol. The second kappa shape index (κ2) is 12.0. The van der Waals surface area contributed by atoms with Crippen LogP contribution in [0.2, 0.25) is 16.6 Å². The molecule has 0 aliphatic heterocycles. The number of carbonyl (C=O) groups is 2. The molecule has 1 aliphatic rings. The summed E-state index contributed by atoms with van der Waals surface area (Å²) in [7, 11) is -2.12. The van der Waals surface area contributed by atoms with Crippen LogP contribution in [0.5, 0.6) is 0 Å². The van der Waals surface area contributed by atoms with Crippen molar-refractivity contribution in [2.24, 2.45) is 17.8 Å². The summed E-state index contributed by atoms with van der Waals surface area (Å²) in [5.74, 6) is 1.29. The molecule has 0 amide bonds. The van der Waals surface area contributed by atoms with Gasteiger partial charge in [-0.05, 0) is 53.6 Å². The number of allylic oxidation sites excluding steroid dienone is 2. The number of hydrogen-bond donors (Lipinski definition) is 0. The topological polar surface area (TPSA) is 52.6 Å². The standard InChI is InChI=1S/C28H44O4Si/c1-9-26(29)25-18-24(15-16-31-28(30)23-13-11-10-12-14-23)27(17-22(25)8)32-33(19(2)3,20(4)5)21(6)7/h10-14,17,19-22,24-25H,9,15-16,18H2,1-8H3/t22-,24-,25+/m0/s1. The molecule has 0 fully saturated rings. The van der Waals surface area contributed by atoms with Crippen LogP contribution < -0.4 is 0 Å². The van der Waals surface area contributed by atoms with Gasteiger partial charge in [0.05, 0.1) is 17.9 Å². The van der Waals surface area contributed by atoms with Crippen molar-refractivity contribution >= 4 is 20.1 Å². The average molecular weight is 473 g/mol. The summed E-state index contributed by atoms with van der Waals surface area (Å²) in [4.78, 5) is 25.1. The van der Waals surface area contributed by atoms with Gasteiger partial charge in [0.2, 0.25) is 0 Å². The van der Waals surface area contributed by atoms with E-state index in [1.807, 2.05) is 25.1 Å². The lowest BCUT2D eigenvalue weighted by atomic mass is 9.75. The van der Waals surface area contributed by atoms with Crippen molar-refractivity contribution in [2.75, 3.05) is 6.61 Å². The van der Waals surface area contributed by atoms with E-state index < -0.39 is 8.32 Å². The summed E-state index contributed by atoms with van der Waals surface area (Å²) < 4.78 is 12.7. The SMILES string of the molecule is CCC(=O)[C@@H]1C[C@H](CCOC(=O)c2ccccc2)C(O[Si](C(C)C)(C(C)C)C(C)C)=C[C@@H]1C. The van der Waals surface area contributed by atoms with Gasteiger partial charge in [0.1, 0.15) is 5.78 Å². The minimum absolute atomic E-state index is 0.00499. The highest BCUT2D eigenvalue weighted by Gasteiger charge is 2.48. The summed E-state index contributed by atoms with van der Waals surface area (Å²) in [5, 5.41) is 0. The average Bonchev–Trinajstić information content (AvgIpc) is 2.77. The molecule has 0 N–H and O–H groups in total. The number of esters is 1. The molecule has 33 heavy (non-hydrogen) atoms. The Morgan fingerprint density at radius 2 is 1.58 bits per heavy atom. The molecule has 0 unspecified atom stereocenters. The lowest BCUT2D eigenvalue weighted by molar-refractivity contribution is -0.124. The lowest BCUT2D eigenvalue weighted by Crippen LogP contribution is -2.48. The van der Waals surface area contributed by atoms with E-state index in [1.54, 1.807) is 12.1 Å². The van der Waals surface area contributed by atoms with Crippen molar-refractivity contribution in [3.8, 4) is 0 Å². The number of benzene rings is 1. The van der Waals surface area contributed by atoms with Crippen LogP contribution in [0.25, 0.3) is 0 Å². The zero-order valence-corrected chi connectivity index (χ0v) is 22.9. The highest BCUT2D eigenvalue weighted by Crippen LogP contribution is 2.47. The third-order valence-corrected chi connectivity index (χ3v) is 13.5. The van der Waals surface area contributed by atoms with Crippen LogP contribution in [-0.2, 0) is 14.0 Å².